The summed E-state index contributed by atoms with van der Waals surface area (Å²) in [6, 6.07) is 6.49. The third kappa shape index (κ3) is 12.6. The molecule has 1 aromatic carbocycles. The molecule has 0 fully saturated rings. The van der Waals surface area contributed by atoms with Gasteiger partial charge < -0.3 is 14.6 Å². The second-order valence-corrected chi connectivity index (χ2v) is 9.33. The van der Waals surface area contributed by atoms with E-state index in [1.165, 1.54) is 37.8 Å². The van der Waals surface area contributed by atoms with E-state index in [0.717, 1.165) is 37.9 Å². The first kappa shape index (κ1) is 27.0. The highest BCUT2D eigenvalue weighted by molar-refractivity contribution is 7.86. The standard InChI is InChI=1S/C23H40O6S/c1-4-27-21(3)28-18-12-10-8-6-5-7-9-11-13-22(24)19-29-30(25,26)23-16-14-20(2)15-17-23/h14-17,21-22,24H,4-13,18-19H2,1-3H3/t21?,22-/m1/s1. The highest BCUT2D eigenvalue weighted by atomic mass is 32.2. The molecule has 0 amide bonds. The zero-order chi connectivity index (χ0) is 22.2. The van der Waals surface area contributed by atoms with Crippen LogP contribution in [0, 0.1) is 6.92 Å². The summed E-state index contributed by atoms with van der Waals surface area (Å²) in [5.41, 5.74) is 0.982. The molecule has 1 N–H and O–H groups in total. The Kier molecular flexibility index (Phi) is 14.2. The molecule has 0 aromatic heterocycles. The van der Waals surface area contributed by atoms with Gasteiger partial charge in [0, 0.05) is 13.2 Å². The van der Waals surface area contributed by atoms with E-state index in [0.29, 0.717) is 13.0 Å². The Morgan fingerprint density at radius 1 is 0.900 bits per heavy atom. The van der Waals surface area contributed by atoms with Gasteiger partial charge in [0.2, 0.25) is 0 Å². The molecule has 1 rings (SSSR count). The summed E-state index contributed by atoms with van der Waals surface area (Å²) in [5, 5.41) is 9.99. The van der Waals surface area contributed by atoms with Gasteiger partial charge in [0.1, 0.15) is 0 Å². The Morgan fingerprint density at radius 2 is 1.47 bits per heavy atom. The van der Waals surface area contributed by atoms with Crippen molar-refractivity contribution in [2.24, 2.45) is 0 Å². The Balaban J connectivity index is 1.98. The Bertz CT molecular complexity index is 644. The number of benzene rings is 1. The summed E-state index contributed by atoms with van der Waals surface area (Å²) in [5.74, 6) is 0. The van der Waals surface area contributed by atoms with E-state index < -0.39 is 16.2 Å². The Hall–Kier alpha value is -0.990. The third-order valence-electron chi connectivity index (χ3n) is 4.91. The van der Waals surface area contributed by atoms with Crippen molar-refractivity contribution in [1.29, 1.82) is 0 Å². The van der Waals surface area contributed by atoms with Gasteiger partial charge in [0.05, 0.1) is 17.6 Å². The molecule has 0 saturated carbocycles. The van der Waals surface area contributed by atoms with Gasteiger partial charge in [0.15, 0.2) is 6.29 Å². The number of rotatable bonds is 18. The van der Waals surface area contributed by atoms with Crippen molar-refractivity contribution in [1.82, 2.24) is 0 Å². The third-order valence-corrected chi connectivity index (χ3v) is 6.21. The van der Waals surface area contributed by atoms with E-state index in [1.54, 1.807) is 12.1 Å². The largest absolute Gasteiger partial charge is 0.391 e. The Morgan fingerprint density at radius 3 is 2.07 bits per heavy atom. The Labute approximate surface area is 183 Å². The van der Waals surface area contributed by atoms with Crippen LogP contribution in [-0.2, 0) is 23.8 Å². The van der Waals surface area contributed by atoms with Gasteiger partial charge >= 0.3 is 0 Å². The molecule has 2 atom stereocenters. The van der Waals surface area contributed by atoms with Gasteiger partial charge in [-0.2, -0.15) is 8.42 Å². The van der Waals surface area contributed by atoms with Crippen LogP contribution >= 0.6 is 0 Å². The SMILES string of the molecule is CCOC(C)OCCCCCCCCCC[C@@H](O)COS(=O)(=O)c1ccc(C)cc1. The van der Waals surface area contributed by atoms with Gasteiger partial charge in [-0.3, -0.25) is 4.18 Å². The van der Waals surface area contributed by atoms with Crippen LogP contribution in [0.15, 0.2) is 29.2 Å². The second kappa shape index (κ2) is 15.8. The van der Waals surface area contributed by atoms with Crippen molar-refractivity contribution >= 4 is 10.1 Å². The van der Waals surface area contributed by atoms with Crippen molar-refractivity contribution in [2.75, 3.05) is 19.8 Å². The number of aryl methyl sites for hydroxylation is 1. The number of unbranched alkanes of at least 4 members (excludes halogenated alkanes) is 7. The van der Waals surface area contributed by atoms with Crippen molar-refractivity contribution in [3.8, 4) is 0 Å². The maximum Gasteiger partial charge on any atom is 0.297 e. The first-order valence-corrected chi connectivity index (χ1v) is 12.6. The van der Waals surface area contributed by atoms with E-state index in [-0.39, 0.29) is 17.8 Å². The topological polar surface area (TPSA) is 82.1 Å². The van der Waals surface area contributed by atoms with E-state index in [9.17, 15) is 13.5 Å². The summed E-state index contributed by atoms with van der Waals surface area (Å²) >= 11 is 0. The number of aliphatic hydroxyl groups excluding tert-OH is 1. The lowest BCUT2D eigenvalue weighted by atomic mass is 10.1. The molecule has 0 heterocycles. The van der Waals surface area contributed by atoms with E-state index in [1.807, 2.05) is 20.8 Å². The van der Waals surface area contributed by atoms with Crippen LogP contribution in [0.2, 0.25) is 0 Å². The molecule has 0 aliphatic heterocycles. The first-order chi connectivity index (χ1) is 14.3. The highest BCUT2D eigenvalue weighted by Gasteiger charge is 2.17. The average molecular weight is 445 g/mol. The molecule has 0 saturated heterocycles. The summed E-state index contributed by atoms with van der Waals surface area (Å²) in [6.07, 6.45) is 8.56. The van der Waals surface area contributed by atoms with Crippen molar-refractivity contribution in [3.05, 3.63) is 29.8 Å². The van der Waals surface area contributed by atoms with Crippen LogP contribution in [0.3, 0.4) is 0 Å². The lowest BCUT2D eigenvalue weighted by Crippen LogP contribution is -2.19. The number of aliphatic hydroxyl groups is 1. The molecule has 30 heavy (non-hydrogen) atoms. The summed E-state index contributed by atoms with van der Waals surface area (Å²) in [4.78, 5) is 0.121. The fraction of sp³-hybridized carbons (Fsp3) is 0.739. The van der Waals surface area contributed by atoms with Gasteiger partial charge in [-0.15, -0.1) is 0 Å². The monoisotopic (exact) mass is 444 g/mol. The van der Waals surface area contributed by atoms with Crippen molar-refractivity contribution < 1.29 is 27.2 Å². The predicted octanol–water partition coefficient (Wildman–Crippen LogP) is 4.97. The van der Waals surface area contributed by atoms with E-state index in [2.05, 4.69) is 0 Å². The van der Waals surface area contributed by atoms with Crippen LogP contribution < -0.4 is 0 Å². The zero-order valence-corrected chi connectivity index (χ0v) is 19.7. The quantitative estimate of drug-likeness (QED) is 0.196. The van der Waals surface area contributed by atoms with Crippen molar-refractivity contribution in [3.63, 3.8) is 0 Å². The number of hydrogen-bond acceptors (Lipinski definition) is 6. The maximum absolute atomic E-state index is 12.1. The molecule has 0 bridgehead atoms. The average Bonchev–Trinajstić information content (AvgIpc) is 2.71. The molecule has 6 nitrogen and oxygen atoms in total. The minimum Gasteiger partial charge on any atom is -0.391 e. The van der Waals surface area contributed by atoms with Gasteiger partial charge in [-0.05, 0) is 45.7 Å². The lowest BCUT2D eigenvalue weighted by molar-refractivity contribution is -0.127. The molecule has 0 radical (unpaired) electrons. The first-order valence-electron chi connectivity index (χ1n) is 11.2. The minimum absolute atomic E-state index is 0.113. The summed E-state index contributed by atoms with van der Waals surface area (Å²) in [7, 11) is -3.81. The van der Waals surface area contributed by atoms with Crippen molar-refractivity contribution in [2.45, 2.75) is 95.8 Å². The molecule has 174 valence electrons. The molecule has 0 aliphatic carbocycles. The van der Waals surface area contributed by atoms with Crippen LogP contribution in [0.1, 0.15) is 77.2 Å². The molecule has 0 spiro atoms. The maximum atomic E-state index is 12.1. The molecular weight excluding hydrogens is 404 g/mol. The van der Waals surface area contributed by atoms with Crippen LogP contribution in [0.25, 0.3) is 0 Å². The highest BCUT2D eigenvalue weighted by Crippen LogP contribution is 2.15. The second-order valence-electron chi connectivity index (χ2n) is 7.72. The molecule has 1 unspecified atom stereocenters. The number of ether oxygens (including phenoxy) is 2. The fourth-order valence-corrected chi connectivity index (χ4v) is 4.04. The van der Waals surface area contributed by atoms with Crippen LogP contribution in [-0.4, -0.2) is 45.7 Å². The number of hydrogen-bond donors (Lipinski definition) is 1. The molecule has 1 aromatic rings. The van der Waals surface area contributed by atoms with Gasteiger partial charge in [-0.25, -0.2) is 0 Å². The fourth-order valence-electron chi connectivity index (χ4n) is 3.10. The van der Waals surface area contributed by atoms with E-state index in [4.69, 9.17) is 13.7 Å². The van der Waals surface area contributed by atoms with Gasteiger partial charge in [0.25, 0.3) is 10.1 Å². The molecule has 7 heteroatoms. The normalized spacial score (nSPS) is 14.0. The molecule has 0 aliphatic rings. The van der Waals surface area contributed by atoms with Crippen LogP contribution in [0.5, 0.6) is 0 Å². The minimum atomic E-state index is -3.81. The molecular formula is C23H40O6S. The predicted molar refractivity (Wildman–Crippen MR) is 119 cm³/mol. The lowest BCUT2D eigenvalue weighted by Gasteiger charge is -2.12. The van der Waals surface area contributed by atoms with E-state index >= 15 is 0 Å². The van der Waals surface area contributed by atoms with Gasteiger partial charge in [-0.1, -0.05) is 62.6 Å². The zero-order valence-electron chi connectivity index (χ0n) is 18.8. The van der Waals surface area contributed by atoms with Crippen LogP contribution in [0.4, 0.5) is 0 Å². The summed E-state index contributed by atoms with van der Waals surface area (Å²) < 4.78 is 40.1. The smallest absolute Gasteiger partial charge is 0.297 e. The summed E-state index contributed by atoms with van der Waals surface area (Å²) in [6.45, 7) is 7.02.